The van der Waals surface area contributed by atoms with Crippen LogP contribution in [0.4, 0.5) is 5.69 Å². The highest BCUT2D eigenvalue weighted by Gasteiger charge is 2.32. The number of aliphatic hydroxyl groups excluding tert-OH is 1. The minimum Gasteiger partial charge on any atom is -0.509 e. The number of imidazole rings is 1. The smallest absolute Gasteiger partial charge is 0.159 e. The summed E-state index contributed by atoms with van der Waals surface area (Å²) in [6.45, 7) is 3.73. The number of nitrogens with zero attached hydrogens (tertiary/aromatic N) is 3. The summed E-state index contributed by atoms with van der Waals surface area (Å²) in [6, 6.07) is 13.1. The van der Waals surface area contributed by atoms with Gasteiger partial charge in [0.25, 0.3) is 0 Å². The number of aromatic nitrogens is 2. The maximum Gasteiger partial charge on any atom is 0.159 e. The van der Waals surface area contributed by atoms with Gasteiger partial charge in [0.15, 0.2) is 5.78 Å². The van der Waals surface area contributed by atoms with Crippen LogP contribution in [-0.2, 0) is 7.05 Å². The molecule has 2 heterocycles. The lowest BCUT2D eigenvalue weighted by Gasteiger charge is -2.19. The molecule has 0 saturated carbocycles. The summed E-state index contributed by atoms with van der Waals surface area (Å²) in [5, 5.41) is 19.2. The quantitative estimate of drug-likeness (QED) is 0.695. The molecule has 0 fully saturated rings. The Kier molecular flexibility index (Phi) is 3.84. The van der Waals surface area contributed by atoms with Crippen molar-refractivity contribution in [3.8, 4) is 0 Å². The number of fused-ring (bicyclic) bond motifs is 1. The van der Waals surface area contributed by atoms with E-state index in [-0.39, 0.29) is 23.9 Å². The van der Waals surface area contributed by atoms with Crippen molar-refractivity contribution in [1.29, 1.82) is 5.41 Å². The molecule has 2 aromatic carbocycles. The second-order valence-electron chi connectivity index (χ2n) is 6.85. The lowest BCUT2D eigenvalue weighted by Crippen LogP contribution is -2.26. The van der Waals surface area contributed by atoms with Crippen molar-refractivity contribution < 1.29 is 9.90 Å². The number of hydrogen-bond acceptors (Lipinski definition) is 4. The number of amidine groups is 1. The summed E-state index contributed by atoms with van der Waals surface area (Å²) in [7, 11) is 1.89. The third kappa shape index (κ3) is 2.70. The molecule has 0 atom stereocenters. The molecule has 27 heavy (non-hydrogen) atoms. The van der Waals surface area contributed by atoms with Gasteiger partial charge in [0.1, 0.15) is 17.4 Å². The van der Waals surface area contributed by atoms with Crippen LogP contribution in [0.3, 0.4) is 0 Å². The highest BCUT2D eigenvalue weighted by atomic mass is 16.3. The Morgan fingerprint density at radius 3 is 2.56 bits per heavy atom. The van der Waals surface area contributed by atoms with Gasteiger partial charge < -0.3 is 14.6 Å². The number of rotatable bonds is 3. The van der Waals surface area contributed by atoms with E-state index >= 15 is 0 Å². The van der Waals surface area contributed by atoms with Crippen molar-refractivity contribution in [1.82, 2.24) is 9.55 Å². The van der Waals surface area contributed by atoms with Gasteiger partial charge in [-0.3, -0.25) is 10.2 Å². The zero-order chi connectivity index (χ0) is 19.3. The molecule has 136 valence electrons. The molecule has 6 heteroatoms. The van der Waals surface area contributed by atoms with Gasteiger partial charge in [-0.2, -0.15) is 0 Å². The highest BCUT2D eigenvalue weighted by molar-refractivity contribution is 6.30. The Morgan fingerprint density at radius 2 is 1.89 bits per heavy atom. The van der Waals surface area contributed by atoms with Crippen LogP contribution in [-0.4, -0.2) is 32.8 Å². The summed E-state index contributed by atoms with van der Waals surface area (Å²) in [5.74, 6) is 0.875. The summed E-state index contributed by atoms with van der Waals surface area (Å²) in [5.41, 5.74) is 4.70. The molecule has 1 aliphatic rings. The maximum absolute atomic E-state index is 11.5. The SMILES string of the molecule is CC(=O)c1ccc(N2CC(O)=C(c3nc4cc(C)ccc4n3C)C2=N)cc1. The molecule has 4 rings (SSSR count). The van der Waals surface area contributed by atoms with E-state index < -0.39 is 0 Å². The number of Topliss-reactive ketones (excluding diaryl/α,β-unsaturated/α-hetero) is 1. The Hall–Kier alpha value is -3.41. The number of ketones is 1. The summed E-state index contributed by atoms with van der Waals surface area (Å²) < 4.78 is 1.90. The summed E-state index contributed by atoms with van der Waals surface area (Å²) in [6.07, 6.45) is 0. The van der Waals surface area contributed by atoms with Crippen LogP contribution in [0.2, 0.25) is 0 Å². The lowest BCUT2D eigenvalue weighted by atomic mass is 10.1. The standard InChI is InChI=1S/C21H20N4O2/c1-12-4-9-17-16(10-12)23-21(24(17)3)19-18(27)11-25(20(19)22)15-7-5-14(6-8-15)13(2)26/h4-10,22,27H,11H2,1-3H3. The molecule has 6 nitrogen and oxygen atoms in total. The summed E-state index contributed by atoms with van der Waals surface area (Å²) in [4.78, 5) is 17.8. The Labute approximate surface area is 156 Å². The van der Waals surface area contributed by atoms with Gasteiger partial charge >= 0.3 is 0 Å². The zero-order valence-electron chi connectivity index (χ0n) is 15.4. The van der Waals surface area contributed by atoms with Crippen molar-refractivity contribution in [2.45, 2.75) is 13.8 Å². The largest absolute Gasteiger partial charge is 0.509 e. The van der Waals surface area contributed by atoms with E-state index in [1.807, 2.05) is 36.7 Å². The summed E-state index contributed by atoms with van der Waals surface area (Å²) >= 11 is 0. The van der Waals surface area contributed by atoms with Gasteiger partial charge in [0.05, 0.1) is 23.2 Å². The zero-order valence-corrected chi connectivity index (χ0v) is 15.4. The van der Waals surface area contributed by atoms with E-state index in [4.69, 9.17) is 5.41 Å². The van der Waals surface area contributed by atoms with Gasteiger partial charge in [-0.05, 0) is 55.8 Å². The maximum atomic E-state index is 11.5. The van der Waals surface area contributed by atoms with E-state index in [0.717, 1.165) is 22.3 Å². The third-order valence-corrected chi connectivity index (χ3v) is 4.95. The first-order chi connectivity index (χ1) is 12.9. The highest BCUT2D eigenvalue weighted by Crippen LogP contribution is 2.32. The van der Waals surface area contributed by atoms with Gasteiger partial charge in [-0.25, -0.2) is 4.98 Å². The van der Waals surface area contributed by atoms with Crippen LogP contribution in [0.15, 0.2) is 48.2 Å². The van der Waals surface area contributed by atoms with Gasteiger partial charge in [-0.1, -0.05) is 6.07 Å². The number of hydrogen-bond donors (Lipinski definition) is 2. The first-order valence-electron chi connectivity index (χ1n) is 8.70. The monoisotopic (exact) mass is 360 g/mol. The minimum atomic E-state index is -0.00490. The average Bonchev–Trinajstić information content (AvgIpc) is 3.10. The fraction of sp³-hybridized carbons (Fsp3) is 0.190. The molecule has 0 amide bonds. The molecule has 0 bridgehead atoms. The molecule has 0 saturated heterocycles. The first-order valence-corrected chi connectivity index (χ1v) is 8.70. The van der Waals surface area contributed by atoms with Gasteiger partial charge in [0, 0.05) is 18.3 Å². The molecule has 0 unspecified atom stereocenters. The number of benzene rings is 2. The van der Waals surface area contributed by atoms with Crippen molar-refractivity contribution >= 4 is 33.9 Å². The number of carbonyl (C=O) groups is 1. The van der Waals surface area contributed by atoms with E-state index in [0.29, 0.717) is 17.0 Å². The molecule has 0 aliphatic carbocycles. The average molecular weight is 360 g/mol. The number of anilines is 1. The topological polar surface area (TPSA) is 82.2 Å². The molecule has 3 aromatic rings. The lowest BCUT2D eigenvalue weighted by molar-refractivity contribution is 0.101. The predicted octanol–water partition coefficient (Wildman–Crippen LogP) is 3.85. The first kappa shape index (κ1) is 17.0. The number of nitrogens with one attached hydrogen (secondary N) is 1. The molecule has 0 radical (unpaired) electrons. The molecule has 0 spiro atoms. The van der Waals surface area contributed by atoms with Crippen LogP contribution in [0, 0.1) is 12.3 Å². The van der Waals surface area contributed by atoms with E-state index in [9.17, 15) is 9.90 Å². The Balaban J connectivity index is 1.73. The van der Waals surface area contributed by atoms with Gasteiger partial charge in [0.2, 0.25) is 0 Å². The molecular formula is C21H20N4O2. The van der Waals surface area contributed by atoms with E-state index in [1.165, 1.54) is 6.92 Å². The number of aryl methyl sites for hydroxylation is 2. The molecular weight excluding hydrogens is 340 g/mol. The predicted molar refractivity (Wildman–Crippen MR) is 107 cm³/mol. The van der Waals surface area contributed by atoms with Crippen LogP contribution in [0.1, 0.15) is 28.7 Å². The molecule has 1 aromatic heterocycles. The van der Waals surface area contributed by atoms with Crippen molar-refractivity contribution in [3.63, 3.8) is 0 Å². The Bertz CT molecular complexity index is 1120. The van der Waals surface area contributed by atoms with Crippen LogP contribution in [0.5, 0.6) is 0 Å². The van der Waals surface area contributed by atoms with Crippen molar-refractivity contribution in [2.24, 2.45) is 7.05 Å². The number of carbonyl (C=O) groups excluding carboxylic acids is 1. The van der Waals surface area contributed by atoms with Crippen molar-refractivity contribution in [3.05, 3.63) is 65.2 Å². The van der Waals surface area contributed by atoms with Crippen molar-refractivity contribution in [2.75, 3.05) is 11.4 Å². The Morgan fingerprint density at radius 1 is 1.19 bits per heavy atom. The fourth-order valence-corrected chi connectivity index (χ4v) is 3.44. The normalized spacial score (nSPS) is 14.5. The van der Waals surface area contributed by atoms with E-state index in [2.05, 4.69) is 4.98 Å². The van der Waals surface area contributed by atoms with Gasteiger partial charge in [-0.15, -0.1) is 0 Å². The second kappa shape index (κ2) is 6.09. The minimum absolute atomic E-state index is 0.00490. The second-order valence-corrected chi connectivity index (χ2v) is 6.85. The molecule has 2 N–H and O–H groups in total. The van der Waals surface area contributed by atoms with Crippen LogP contribution < -0.4 is 4.90 Å². The third-order valence-electron chi connectivity index (χ3n) is 4.95. The fourth-order valence-electron chi connectivity index (χ4n) is 3.44. The van der Waals surface area contributed by atoms with Crippen LogP contribution >= 0.6 is 0 Å². The van der Waals surface area contributed by atoms with E-state index in [1.54, 1.807) is 29.2 Å². The van der Waals surface area contributed by atoms with Crippen LogP contribution in [0.25, 0.3) is 16.6 Å². The molecule has 1 aliphatic heterocycles. The number of aliphatic hydroxyl groups is 1.